The number of nitrogens with one attached hydrogen (secondary N) is 2. The summed E-state index contributed by atoms with van der Waals surface area (Å²) in [5.41, 5.74) is -0.258. The first kappa shape index (κ1) is 26.9. The normalized spacial score (nSPS) is 27.0. The number of hydrogen-bond donors (Lipinski definition) is 2. The van der Waals surface area contributed by atoms with Crippen LogP contribution in [0, 0.1) is 17.8 Å². The van der Waals surface area contributed by atoms with E-state index in [2.05, 4.69) is 29.6 Å². The van der Waals surface area contributed by atoms with Crippen LogP contribution in [0.5, 0.6) is 5.88 Å². The van der Waals surface area contributed by atoms with Crippen LogP contribution in [0.1, 0.15) is 75.8 Å². The molecule has 2 aliphatic carbocycles. The van der Waals surface area contributed by atoms with Crippen molar-refractivity contribution in [1.82, 2.24) is 20.7 Å². The molecule has 38 heavy (non-hydrogen) atoms. The summed E-state index contributed by atoms with van der Waals surface area (Å²) in [6.07, 6.45) is 9.03. The average molecular weight is 541 g/mol. The molecule has 8 nitrogen and oxygen atoms in total. The van der Waals surface area contributed by atoms with Crippen molar-refractivity contribution >= 4 is 23.7 Å². The first-order valence-electron chi connectivity index (χ1n) is 14.1. The van der Waals surface area contributed by atoms with Gasteiger partial charge in [0.15, 0.2) is 0 Å². The van der Waals surface area contributed by atoms with Gasteiger partial charge in [0.2, 0.25) is 5.76 Å². The van der Waals surface area contributed by atoms with E-state index in [1.165, 1.54) is 37.4 Å². The summed E-state index contributed by atoms with van der Waals surface area (Å²) in [7, 11) is 0. The highest BCUT2D eigenvalue weighted by molar-refractivity contribution is 7.99. The quantitative estimate of drug-likeness (QED) is 0.415. The average Bonchev–Trinajstić information content (AvgIpc) is 3.28. The third-order valence-corrected chi connectivity index (χ3v) is 9.15. The molecule has 3 amide bonds. The topological polar surface area (TPSA) is 96.7 Å². The van der Waals surface area contributed by atoms with E-state index in [0.717, 1.165) is 49.6 Å². The van der Waals surface area contributed by atoms with Gasteiger partial charge in [-0.25, -0.2) is 4.79 Å². The third-order valence-electron chi connectivity index (χ3n) is 8.08. The highest BCUT2D eigenvalue weighted by Gasteiger charge is 2.42. The molecule has 2 heterocycles. The molecular weight excluding hydrogens is 500 g/mol. The van der Waals surface area contributed by atoms with Gasteiger partial charge in [-0.2, -0.15) is 0 Å². The number of carbonyl (C=O) groups is 2. The van der Waals surface area contributed by atoms with E-state index in [1.807, 2.05) is 35.2 Å². The summed E-state index contributed by atoms with van der Waals surface area (Å²) in [5.74, 6) is 2.29. The lowest BCUT2D eigenvalue weighted by atomic mass is 9.62. The predicted molar refractivity (Wildman–Crippen MR) is 146 cm³/mol. The minimum Gasteiger partial charge on any atom is -0.473 e. The number of urea groups is 1. The lowest BCUT2D eigenvalue weighted by molar-refractivity contribution is 0.0591. The Balaban J connectivity index is 1.25. The summed E-state index contributed by atoms with van der Waals surface area (Å²) < 4.78 is 11.5. The second kappa shape index (κ2) is 12.0. The lowest BCUT2D eigenvalue weighted by Gasteiger charge is -2.47. The Morgan fingerprint density at radius 1 is 1.11 bits per heavy atom. The van der Waals surface area contributed by atoms with Crippen molar-refractivity contribution in [3.05, 3.63) is 36.1 Å². The number of rotatable bonds is 8. The van der Waals surface area contributed by atoms with Crippen LogP contribution in [0.3, 0.4) is 0 Å². The van der Waals surface area contributed by atoms with Crippen molar-refractivity contribution in [3.8, 4) is 5.88 Å². The van der Waals surface area contributed by atoms with Crippen LogP contribution < -0.4 is 15.4 Å². The maximum Gasteiger partial charge on any atom is 0.317 e. The van der Waals surface area contributed by atoms with E-state index < -0.39 is 0 Å². The molecule has 1 aromatic heterocycles. The molecule has 1 aliphatic heterocycles. The van der Waals surface area contributed by atoms with E-state index in [0.29, 0.717) is 23.3 Å². The minimum atomic E-state index is -0.258. The molecule has 3 aliphatic rings. The Morgan fingerprint density at radius 3 is 2.53 bits per heavy atom. The van der Waals surface area contributed by atoms with Crippen molar-refractivity contribution in [2.24, 2.45) is 17.8 Å². The maximum atomic E-state index is 13.5. The third kappa shape index (κ3) is 6.65. The molecule has 2 N–H and O–H groups in total. The van der Waals surface area contributed by atoms with Gasteiger partial charge in [0.05, 0.1) is 6.54 Å². The zero-order chi connectivity index (χ0) is 26.5. The summed E-state index contributed by atoms with van der Waals surface area (Å²) >= 11 is 1.40. The number of hydrogen-bond acceptors (Lipinski definition) is 6. The van der Waals surface area contributed by atoms with Gasteiger partial charge in [-0.05, 0) is 93.3 Å². The van der Waals surface area contributed by atoms with Gasteiger partial charge >= 0.3 is 6.03 Å². The SMILES string of the molecule is CC1CC2CC(C1)CC(C)(NC(=O)c1onc(OCCNC(=O)N3CCCCC3)c1Sc1ccccc1)C2. The number of likely N-dealkylation sites (tertiary alicyclic amines) is 1. The first-order chi connectivity index (χ1) is 18.4. The number of ether oxygens (including phenoxy) is 1. The van der Waals surface area contributed by atoms with Crippen molar-refractivity contribution in [2.75, 3.05) is 26.2 Å². The number of piperidine rings is 1. The molecule has 5 rings (SSSR count). The lowest BCUT2D eigenvalue weighted by Crippen LogP contribution is -2.52. The minimum absolute atomic E-state index is 0.0627. The summed E-state index contributed by atoms with van der Waals surface area (Å²) in [5, 5.41) is 10.4. The molecular formula is C29H40N4O4S. The fraction of sp³-hybridized carbons (Fsp3) is 0.621. The summed E-state index contributed by atoms with van der Waals surface area (Å²) in [6, 6.07) is 9.76. The van der Waals surface area contributed by atoms with Crippen LogP contribution >= 0.6 is 11.8 Å². The molecule has 9 heteroatoms. The van der Waals surface area contributed by atoms with Crippen LogP contribution in [0.25, 0.3) is 0 Å². The Morgan fingerprint density at radius 2 is 1.82 bits per heavy atom. The monoisotopic (exact) mass is 540 g/mol. The molecule has 2 saturated carbocycles. The first-order valence-corrected chi connectivity index (χ1v) is 14.9. The standard InChI is InChI=1S/C29H40N4O4S/c1-20-15-21-17-22(16-20)19-29(2,18-21)31-26(34)24-25(38-23-9-5-3-6-10-23)27(32-37-24)36-14-11-30-28(35)33-12-7-4-8-13-33/h3,5-6,9-10,20-22H,4,7-8,11-19H2,1-2H3,(H,30,35)(H,31,34). The van der Waals surface area contributed by atoms with Crippen LogP contribution in [-0.4, -0.2) is 53.8 Å². The van der Waals surface area contributed by atoms with Gasteiger partial charge in [0.1, 0.15) is 11.5 Å². The molecule has 2 atom stereocenters. The zero-order valence-corrected chi connectivity index (χ0v) is 23.4. The van der Waals surface area contributed by atoms with Gasteiger partial charge in [-0.3, -0.25) is 4.79 Å². The van der Waals surface area contributed by atoms with E-state index in [9.17, 15) is 9.59 Å². The van der Waals surface area contributed by atoms with E-state index >= 15 is 0 Å². The highest BCUT2D eigenvalue weighted by atomic mass is 32.2. The molecule has 0 radical (unpaired) electrons. The van der Waals surface area contributed by atoms with Gasteiger partial charge in [-0.15, -0.1) is 0 Å². The molecule has 1 aromatic carbocycles. The van der Waals surface area contributed by atoms with Crippen LogP contribution in [0.4, 0.5) is 4.79 Å². The van der Waals surface area contributed by atoms with Gasteiger partial charge in [0.25, 0.3) is 11.8 Å². The van der Waals surface area contributed by atoms with Crippen LogP contribution in [0.15, 0.2) is 44.6 Å². The van der Waals surface area contributed by atoms with Crippen molar-refractivity contribution in [3.63, 3.8) is 0 Å². The molecule has 2 bridgehead atoms. The van der Waals surface area contributed by atoms with Crippen LogP contribution in [0.2, 0.25) is 0 Å². The van der Waals surface area contributed by atoms with Crippen molar-refractivity contribution in [2.45, 2.75) is 80.5 Å². The Bertz CT molecular complexity index is 1080. The fourth-order valence-electron chi connectivity index (χ4n) is 6.74. The largest absolute Gasteiger partial charge is 0.473 e. The van der Waals surface area contributed by atoms with Gasteiger partial charge in [0, 0.05) is 23.5 Å². The Hall–Kier alpha value is -2.68. The van der Waals surface area contributed by atoms with E-state index in [1.54, 1.807) is 0 Å². The second-order valence-corrected chi connectivity index (χ2v) is 12.7. The smallest absolute Gasteiger partial charge is 0.317 e. The number of nitrogens with zero attached hydrogens (tertiary/aromatic N) is 2. The van der Waals surface area contributed by atoms with Gasteiger partial charge in [-0.1, -0.05) is 36.9 Å². The fourth-order valence-corrected chi connectivity index (χ4v) is 7.67. The summed E-state index contributed by atoms with van der Waals surface area (Å²) in [6.45, 7) is 6.69. The van der Waals surface area contributed by atoms with Crippen molar-refractivity contribution in [1.29, 1.82) is 0 Å². The summed E-state index contributed by atoms with van der Waals surface area (Å²) in [4.78, 5) is 29.3. The van der Waals surface area contributed by atoms with E-state index in [-0.39, 0.29) is 35.7 Å². The molecule has 0 spiro atoms. The van der Waals surface area contributed by atoms with Crippen LogP contribution in [-0.2, 0) is 0 Å². The van der Waals surface area contributed by atoms with Crippen molar-refractivity contribution < 1.29 is 18.8 Å². The molecule has 3 fully saturated rings. The van der Waals surface area contributed by atoms with E-state index in [4.69, 9.17) is 9.26 Å². The molecule has 206 valence electrons. The zero-order valence-electron chi connectivity index (χ0n) is 22.5. The highest BCUT2D eigenvalue weighted by Crippen LogP contribution is 2.46. The predicted octanol–water partition coefficient (Wildman–Crippen LogP) is 5.73. The molecule has 2 aromatic rings. The number of benzene rings is 1. The van der Waals surface area contributed by atoms with Gasteiger partial charge < -0.3 is 24.8 Å². The number of aromatic nitrogens is 1. The Kier molecular flexibility index (Phi) is 8.51. The maximum absolute atomic E-state index is 13.5. The number of carbonyl (C=O) groups excluding carboxylic acids is 2. The number of fused-ring (bicyclic) bond motifs is 2. The Labute approximate surface area is 229 Å². The molecule has 1 saturated heterocycles. The second-order valence-electron chi connectivity index (χ2n) is 11.7. The number of amides is 3. The molecule has 2 unspecified atom stereocenters.